The lowest BCUT2D eigenvalue weighted by molar-refractivity contribution is 0.136. The van der Waals surface area contributed by atoms with Crippen molar-refractivity contribution in [1.82, 2.24) is 4.72 Å². The lowest BCUT2D eigenvalue weighted by Gasteiger charge is -2.08. The van der Waals surface area contributed by atoms with Gasteiger partial charge in [0.15, 0.2) is 0 Å². The van der Waals surface area contributed by atoms with Crippen molar-refractivity contribution < 1.29 is 13.2 Å². The van der Waals surface area contributed by atoms with Gasteiger partial charge in [-0.3, -0.25) is 0 Å². The van der Waals surface area contributed by atoms with Gasteiger partial charge >= 0.3 is 0 Å². The van der Waals surface area contributed by atoms with E-state index in [1.807, 2.05) is 0 Å². The molecule has 0 amide bonds. The Morgan fingerprint density at radius 3 is 2.52 bits per heavy atom. The van der Waals surface area contributed by atoms with E-state index in [1.165, 1.54) is 0 Å². The van der Waals surface area contributed by atoms with Crippen LogP contribution in [0.15, 0.2) is 29.2 Å². The average Bonchev–Trinajstić information content (AvgIpc) is 2.42. The largest absolute Gasteiger partial charge is 0.393 e. The summed E-state index contributed by atoms with van der Waals surface area (Å²) in [6.45, 7) is 3.37. The fourth-order valence-corrected chi connectivity index (χ4v) is 2.85. The number of ether oxygens (including phenoxy) is 1. The van der Waals surface area contributed by atoms with Crippen LogP contribution < -0.4 is 10.5 Å². The van der Waals surface area contributed by atoms with Crippen molar-refractivity contribution in [3.8, 4) is 0 Å². The highest BCUT2D eigenvalue weighted by atomic mass is 32.2. The van der Waals surface area contributed by atoms with Crippen molar-refractivity contribution in [3.05, 3.63) is 29.8 Å². The number of hydrogen-bond donors (Lipinski definition) is 2. The van der Waals surface area contributed by atoms with Gasteiger partial charge < -0.3 is 10.5 Å². The highest BCUT2D eigenvalue weighted by Crippen LogP contribution is 2.10. The Kier molecular flexibility index (Phi) is 7.81. The second-order valence-electron chi connectivity index (χ2n) is 4.65. The minimum absolute atomic E-state index is 0.225. The Balaban J connectivity index is 2.48. The van der Waals surface area contributed by atoms with Crippen molar-refractivity contribution in [3.63, 3.8) is 0 Å². The van der Waals surface area contributed by atoms with E-state index in [-0.39, 0.29) is 11.4 Å². The van der Waals surface area contributed by atoms with E-state index in [2.05, 4.69) is 11.6 Å². The molecule has 21 heavy (non-hydrogen) atoms. The zero-order chi connectivity index (χ0) is 15.7. The normalized spacial score (nSPS) is 11.5. The van der Waals surface area contributed by atoms with Gasteiger partial charge in [-0.1, -0.05) is 37.7 Å². The highest BCUT2D eigenvalue weighted by molar-refractivity contribution is 7.89. The van der Waals surface area contributed by atoms with Gasteiger partial charge in [0.1, 0.15) is 0 Å². The molecule has 0 unspecified atom stereocenters. The van der Waals surface area contributed by atoms with Gasteiger partial charge in [-0.2, -0.15) is 0 Å². The molecule has 0 aliphatic carbocycles. The van der Waals surface area contributed by atoms with E-state index in [0.29, 0.717) is 24.6 Å². The lowest BCUT2D eigenvalue weighted by atomic mass is 10.1. The maximum Gasteiger partial charge on any atom is 0.240 e. The van der Waals surface area contributed by atoms with Crippen molar-refractivity contribution >= 4 is 27.2 Å². The van der Waals surface area contributed by atoms with Crippen molar-refractivity contribution in [2.24, 2.45) is 5.73 Å². The summed E-state index contributed by atoms with van der Waals surface area (Å²) in [7, 11) is -3.49. The molecule has 0 saturated carbocycles. The Hall–Kier alpha value is -1.02. The first-order chi connectivity index (χ1) is 9.95. The average molecular weight is 330 g/mol. The van der Waals surface area contributed by atoms with E-state index < -0.39 is 10.0 Å². The van der Waals surface area contributed by atoms with E-state index in [4.69, 9.17) is 22.7 Å². The van der Waals surface area contributed by atoms with Crippen molar-refractivity contribution in [2.45, 2.75) is 31.1 Å². The fourth-order valence-electron chi connectivity index (χ4n) is 1.67. The first-order valence-corrected chi connectivity index (χ1v) is 8.79. The zero-order valence-electron chi connectivity index (χ0n) is 12.2. The molecule has 0 bridgehead atoms. The number of nitrogens with two attached hydrogens (primary N) is 1. The predicted octanol–water partition coefficient (Wildman–Crippen LogP) is 1.61. The molecule has 118 valence electrons. The second kappa shape index (κ2) is 9.09. The van der Waals surface area contributed by atoms with Crippen LogP contribution in [0.2, 0.25) is 0 Å². The molecule has 0 aliphatic rings. The summed E-state index contributed by atoms with van der Waals surface area (Å²) in [6, 6.07) is 6.53. The molecule has 0 spiro atoms. The molecule has 1 aromatic rings. The van der Waals surface area contributed by atoms with Crippen LogP contribution in [0.25, 0.3) is 0 Å². The number of unbranched alkanes of at least 4 members (excludes halogenated alkanes) is 1. The van der Waals surface area contributed by atoms with Gasteiger partial charge in [0.2, 0.25) is 10.0 Å². The summed E-state index contributed by atoms with van der Waals surface area (Å²) < 4.78 is 31.9. The molecule has 0 saturated heterocycles. The molecule has 1 rings (SSSR count). The van der Waals surface area contributed by atoms with Crippen LogP contribution in [0.1, 0.15) is 25.3 Å². The first kappa shape index (κ1) is 18.0. The Bertz CT molecular complexity index is 542. The molecule has 5 nitrogen and oxygen atoms in total. The molecular weight excluding hydrogens is 308 g/mol. The topological polar surface area (TPSA) is 81.4 Å². The maximum absolute atomic E-state index is 12.0. The quantitative estimate of drug-likeness (QED) is 0.503. The predicted molar refractivity (Wildman–Crippen MR) is 87.8 cm³/mol. The van der Waals surface area contributed by atoms with Gasteiger partial charge in [-0.15, -0.1) is 0 Å². The molecule has 0 aromatic heterocycles. The molecule has 0 heterocycles. The Labute approximate surface area is 131 Å². The SMILES string of the molecule is CCCCOCCNS(=O)(=O)c1ccc(CC(N)=S)cc1. The lowest BCUT2D eigenvalue weighted by Crippen LogP contribution is -2.27. The molecule has 0 radical (unpaired) electrons. The van der Waals surface area contributed by atoms with Crippen LogP contribution in [0, 0.1) is 0 Å². The number of sulfonamides is 1. The molecule has 0 atom stereocenters. The van der Waals surface area contributed by atoms with Gasteiger partial charge in [0.25, 0.3) is 0 Å². The smallest absolute Gasteiger partial charge is 0.240 e. The second-order valence-corrected chi connectivity index (χ2v) is 6.94. The van der Waals surface area contributed by atoms with Crippen molar-refractivity contribution in [2.75, 3.05) is 19.8 Å². The van der Waals surface area contributed by atoms with E-state index in [9.17, 15) is 8.42 Å². The molecule has 0 aliphatic heterocycles. The first-order valence-electron chi connectivity index (χ1n) is 6.90. The Morgan fingerprint density at radius 1 is 1.29 bits per heavy atom. The summed E-state index contributed by atoms with van der Waals surface area (Å²) in [5, 5.41) is 0. The van der Waals surface area contributed by atoms with E-state index in [0.717, 1.165) is 18.4 Å². The fraction of sp³-hybridized carbons (Fsp3) is 0.500. The minimum atomic E-state index is -3.49. The van der Waals surface area contributed by atoms with Crippen molar-refractivity contribution in [1.29, 1.82) is 0 Å². The van der Waals surface area contributed by atoms with E-state index in [1.54, 1.807) is 24.3 Å². The summed E-state index contributed by atoms with van der Waals surface area (Å²) in [6.07, 6.45) is 2.51. The standard InChI is InChI=1S/C14H22N2O3S2/c1-2-3-9-19-10-8-16-21(17,18)13-6-4-12(5-7-13)11-14(15)20/h4-7,16H,2-3,8-11H2,1H3,(H2,15,20). The van der Waals surface area contributed by atoms with Gasteiger partial charge in [0.05, 0.1) is 16.5 Å². The van der Waals surface area contributed by atoms with Crippen LogP contribution in [0.5, 0.6) is 0 Å². The molecule has 7 heteroatoms. The van der Waals surface area contributed by atoms with E-state index >= 15 is 0 Å². The van der Waals surface area contributed by atoms with Gasteiger partial charge in [0, 0.05) is 19.6 Å². The Morgan fingerprint density at radius 2 is 1.95 bits per heavy atom. The monoisotopic (exact) mass is 330 g/mol. The summed E-state index contributed by atoms with van der Waals surface area (Å²) in [5.74, 6) is 0. The summed E-state index contributed by atoms with van der Waals surface area (Å²) in [5.41, 5.74) is 6.34. The van der Waals surface area contributed by atoms with Crippen LogP contribution >= 0.6 is 12.2 Å². The number of hydrogen-bond acceptors (Lipinski definition) is 4. The van der Waals surface area contributed by atoms with Crippen LogP contribution in [0.3, 0.4) is 0 Å². The van der Waals surface area contributed by atoms with Crippen LogP contribution in [0.4, 0.5) is 0 Å². The van der Waals surface area contributed by atoms with Crippen LogP contribution in [-0.2, 0) is 21.2 Å². The third kappa shape index (κ3) is 6.99. The third-order valence-electron chi connectivity index (χ3n) is 2.79. The zero-order valence-corrected chi connectivity index (χ0v) is 13.8. The summed E-state index contributed by atoms with van der Waals surface area (Å²) >= 11 is 4.82. The molecule has 3 N–H and O–H groups in total. The number of rotatable bonds is 10. The van der Waals surface area contributed by atoms with Crippen LogP contribution in [-0.4, -0.2) is 33.2 Å². The molecule has 0 fully saturated rings. The maximum atomic E-state index is 12.0. The molecule has 1 aromatic carbocycles. The third-order valence-corrected chi connectivity index (χ3v) is 4.41. The molecular formula is C14H22N2O3S2. The van der Waals surface area contributed by atoms with Gasteiger partial charge in [-0.05, 0) is 24.1 Å². The van der Waals surface area contributed by atoms with Gasteiger partial charge in [-0.25, -0.2) is 13.1 Å². The number of thiocarbonyl (C=S) groups is 1. The summed E-state index contributed by atoms with van der Waals surface area (Å²) in [4.78, 5) is 0.607. The highest BCUT2D eigenvalue weighted by Gasteiger charge is 2.12. The minimum Gasteiger partial charge on any atom is -0.393 e. The number of nitrogens with one attached hydrogen (secondary N) is 1. The number of benzene rings is 1.